The van der Waals surface area contributed by atoms with Gasteiger partial charge in [-0.3, -0.25) is 0 Å². The Labute approximate surface area is 54.9 Å². The number of allylic oxidation sites excluding steroid dienone is 2. The van der Waals surface area contributed by atoms with E-state index in [0.29, 0.717) is 0 Å². The third-order valence-electron chi connectivity index (χ3n) is 0.498. The van der Waals surface area contributed by atoms with Crippen LogP contribution < -0.4 is 0 Å². The zero-order valence-electron chi connectivity index (χ0n) is 5.20. The molecule has 0 aliphatic rings. The minimum Gasteiger partial charge on any atom is -0.0865 e. The lowest BCUT2D eigenvalue weighted by molar-refractivity contribution is 1.78. The molecule has 0 aliphatic heterocycles. The molecule has 0 aliphatic carbocycles. The summed E-state index contributed by atoms with van der Waals surface area (Å²) in [6.45, 7) is 4.08. The van der Waals surface area contributed by atoms with Crippen molar-refractivity contribution in [1.82, 2.24) is 0 Å². The number of hydrogen-bond donors (Lipinski definition) is 0. The average molecular weight is 144 g/mol. The standard InChI is InChI=1S/C6H10P2/c1-3-5-7-8-6-4-2/h3-6H,1-2H3. The molecule has 0 atom stereocenters. The van der Waals surface area contributed by atoms with Crippen molar-refractivity contribution in [3.8, 4) is 0 Å². The predicted octanol–water partition coefficient (Wildman–Crippen LogP) is 3.86. The second kappa shape index (κ2) is 7.34. The molecule has 0 bridgehead atoms. The van der Waals surface area contributed by atoms with Crippen LogP contribution in [-0.4, -0.2) is 0 Å². The molecule has 0 rings (SSSR count). The molecular weight excluding hydrogens is 134 g/mol. The fraction of sp³-hybridized carbons (Fsp3) is 0.333. The van der Waals surface area contributed by atoms with Crippen LogP contribution in [0.3, 0.4) is 0 Å². The van der Waals surface area contributed by atoms with Gasteiger partial charge in [0.25, 0.3) is 0 Å². The summed E-state index contributed by atoms with van der Waals surface area (Å²) in [4.78, 5) is 0. The number of rotatable bonds is 3. The van der Waals surface area contributed by atoms with Crippen molar-refractivity contribution in [3.63, 3.8) is 0 Å². The molecule has 0 saturated carbocycles. The van der Waals surface area contributed by atoms with Crippen LogP contribution in [0.15, 0.2) is 23.8 Å². The molecule has 0 aromatic heterocycles. The van der Waals surface area contributed by atoms with Gasteiger partial charge in [0.1, 0.15) is 0 Å². The largest absolute Gasteiger partial charge is 0.0865 e. The van der Waals surface area contributed by atoms with Crippen LogP contribution in [0.4, 0.5) is 0 Å². The SMILES string of the molecule is CC=C[P][P]C=CC. The van der Waals surface area contributed by atoms with Crippen LogP contribution in [-0.2, 0) is 0 Å². The average Bonchev–Trinajstić information content (AvgIpc) is 1.81. The smallest absolute Gasteiger partial charge is 0.0146 e. The van der Waals surface area contributed by atoms with Crippen LogP contribution in [0.2, 0.25) is 0 Å². The van der Waals surface area contributed by atoms with Gasteiger partial charge in [0.05, 0.1) is 0 Å². The minimum atomic E-state index is 1.36. The molecular formula is C6H10P2. The van der Waals surface area contributed by atoms with Gasteiger partial charge in [-0.25, -0.2) is 0 Å². The fourth-order valence-electron chi connectivity index (χ4n) is 0.210. The molecule has 0 aromatic rings. The summed E-state index contributed by atoms with van der Waals surface area (Å²) in [7, 11) is 2.73. The zero-order chi connectivity index (χ0) is 6.24. The normalized spacial score (nSPS) is 14.8. The summed E-state index contributed by atoms with van der Waals surface area (Å²) >= 11 is 0. The Bertz CT molecular complexity index is 72.5. The molecule has 0 aromatic carbocycles. The maximum absolute atomic E-state index is 2.14. The molecule has 2 heteroatoms. The molecule has 0 nitrogen and oxygen atoms in total. The van der Waals surface area contributed by atoms with Crippen molar-refractivity contribution < 1.29 is 0 Å². The van der Waals surface area contributed by atoms with Crippen molar-refractivity contribution >= 4 is 16.5 Å². The van der Waals surface area contributed by atoms with E-state index in [4.69, 9.17) is 0 Å². The van der Waals surface area contributed by atoms with Crippen molar-refractivity contribution in [2.24, 2.45) is 0 Å². The maximum atomic E-state index is 2.14. The van der Waals surface area contributed by atoms with Crippen molar-refractivity contribution in [3.05, 3.63) is 23.8 Å². The van der Waals surface area contributed by atoms with Crippen molar-refractivity contribution in [1.29, 1.82) is 0 Å². The van der Waals surface area contributed by atoms with Crippen molar-refractivity contribution in [2.75, 3.05) is 0 Å². The van der Waals surface area contributed by atoms with Gasteiger partial charge in [0, 0.05) is 0 Å². The Balaban J connectivity index is 2.93. The highest BCUT2D eigenvalue weighted by molar-refractivity contribution is 8.14. The van der Waals surface area contributed by atoms with Crippen molar-refractivity contribution in [2.45, 2.75) is 13.8 Å². The minimum absolute atomic E-state index is 1.36. The van der Waals surface area contributed by atoms with Crippen LogP contribution in [0.5, 0.6) is 0 Å². The lowest BCUT2D eigenvalue weighted by Crippen LogP contribution is -1.32. The third kappa shape index (κ3) is 6.34. The van der Waals surface area contributed by atoms with Gasteiger partial charge in [-0.05, 0) is 30.4 Å². The van der Waals surface area contributed by atoms with Gasteiger partial charge in [0.2, 0.25) is 0 Å². The monoisotopic (exact) mass is 144 g/mol. The van der Waals surface area contributed by atoms with E-state index >= 15 is 0 Å². The summed E-state index contributed by atoms with van der Waals surface area (Å²) in [5, 5.41) is 0. The highest BCUT2D eigenvalue weighted by Crippen LogP contribution is 2.38. The van der Waals surface area contributed by atoms with Gasteiger partial charge < -0.3 is 0 Å². The fourth-order valence-corrected chi connectivity index (χ4v) is 1.89. The Hall–Kier alpha value is 0.340. The zero-order valence-corrected chi connectivity index (χ0v) is 6.99. The van der Waals surface area contributed by atoms with E-state index in [9.17, 15) is 0 Å². The maximum Gasteiger partial charge on any atom is -0.0146 e. The van der Waals surface area contributed by atoms with Crippen LogP contribution in [0, 0.1) is 0 Å². The molecule has 44 valence electrons. The van der Waals surface area contributed by atoms with E-state index in [0.717, 1.165) is 0 Å². The van der Waals surface area contributed by atoms with Gasteiger partial charge >= 0.3 is 0 Å². The van der Waals surface area contributed by atoms with Gasteiger partial charge in [0.15, 0.2) is 0 Å². The first-order valence-corrected chi connectivity index (χ1v) is 5.17. The Morgan fingerprint density at radius 2 is 1.25 bits per heavy atom. The molecule has 0 unspecified atom stereocenters. The first-order valence-electron chi connectivity index (χ1n) is 2.54. The molecule has 0 amide bonds. The molecule has 8 heavy (non-hydrogen) atoms. The van der Waals surface area contributed by atoms with E-state index in [-0.39, 0.29) is 0 Å². The van der Waals surface area contributed by atoms with Crippen LogP contribution >= 0.6 is 16.5 Å². The summed E-state index contributed by atoms with van der Waals surface area (Å²) in [5.74, 6) is 4.28. The first kappa shape index (κ1) is 8.34. The summed E-state index contributed by atoms with van der Waals surface area (Å²) in [6.07, 6.45) is 4.14. The quantitative estimate of drug-likeness (QED) is 0.416. The summed E-state index contributed by atoms with van der Waals surface area (Å²) < 4.78 is 0. The lowest BCUT2D eigenvalue weighted by Gasteiger charge is -1.79. The molecule has 2 radical (unpaired) electrons. The third-order valence-corrected chi connectivity index (χ3v) is 2.69. The highest BCUT2D eigenvalue weighted by Gasteiger charge is 1.72. The summed E-state index contributed by atoms with van der Waals surface area (Å²) in [6, 6.07) is 0. The van der Waals surface area contributed by atoms with E-state index in [1.54, 1.807) is 0 Å². The topological polar surface area (TPSA) is 0 Å². The van der Waals surface area contributed by atoms with Gasteiger partial charge in [-0.2, -0.15) is 0 Å². The van der Waals surface area contributed by atoms with Crippen LogP contribution in [0.25, 0.3) is 0 Å². The van der Waals surface area contributed by atoms with E-state index in [2.05, 4.69) is 23.8 Å². The Morgan fingerprint density at radius 1 is 0.875 bits per heavy atom. The summed E-state index contributed by atoms with van der Waals surface area (Å²) in [5.41, 5.74) is 0. The number of hydrogen-bond acceptors (Lipinski definition) is 0. The van der Waals surface area contributed by atoms with Crippen LogP contribution in [0.1, 0.15) is 13.8 Å². The Kier molecular flexibility index (Phi) is 7.65. The van der Waals surface area contributed by atoms with E-state index in [1.807, 2.05) is 13.8 Å². The molecule has 0 spiro atoms. The Morgan fingerprint density at radius 3 is 1.50 bits per heavy atom. The van der Waals surface area contributed by atoms with Gasteiger partial charge in [-0.15, -0.1) is 0 Å². The lowest BCUT2D eigenvalue weighted by atomic mass is 10.8. The van der Waals surface area contributed by atoms with E-state index < -0.39 is 0 Å². The molecule has 0 saturated heterocycles. The van der Waals surface area contributed by atoms with Gasteiger partial charge in [-0.1, -0.05) is 23.8 Å². The second-order valence-electron chi connectivity index (χ2n) is 1.20. The molecule has 0 N–H and O–H groups in total. The highest BCUT2D eigenvalue weighted by atomic mass is 32.0. The molecule has 0 fully saturated rings. The second-order valence-corrected chi connectivity index (χ2v) is 3.64. The molecule has 0 heterocycles. The van der Waals surface area contributed by atoms with E-state index in [1.165, 1.54) is 16.5 Å². The predicted molar refractivity (Wildman–Crippen MR) is 43.5 cm³/mol. The first-order chi connectivity index (χ1) is 3.91.